The Hall–Kier alpha value is -2.21. The molecule has 2 aromatic rings. The van der Waals surface area contributed by atoms with Crippen LogP contribution in [0.4, 0.5) is 0 Å². The molecular weight excluding hydrogens is 324 g/mol. The third-order valence-electron chi connectivity index (χ3n) is 3.67. The molecule has 0 saturated heterocycles. The fraction of sp³-hybridized carbons (Fsp3) is 0.333. The first-order valence-corrected chi connectivity index (χ1v) is 9.65. The lowest BCUT2D eigenvalue weighted by Gasteiger charge is -2.22. The van der Waals surface area contributed by atoms with Crippen LogP contribution in [0.2, 0.25) is 0 Å². The van der Waals surface area contributed by atoms with Crippen molar-refractivity contribution in [3.05, 3.63) is 65.5 Å². The molecule has 0 fully saturated rings. The van der Waals surface area contributed by atoms with E-state index in [1.54, 1.807) is 24.1 Å². The predicted octanol–water partition coefficient (Wildman–Crippen LogP) is 2.35. The number of nitrogens with zero attached hydrogens (tertiary/aromatic N) is 2. The summed E-state index contributed by atoms with van der Waals surface area (Å²) in [6.45, 7) is 4.17. The zero-order valence-electron chi connectivity index (χ0n) is 14.0. The zero-order chi connectivity index (χ0) is 17.6. The Morgan fingerprint density at radius 3 is 2.54 bits per heavy atom. The van der Waals surface area contributed by atoms with E-state index in [-0.39, 0.29) is 12.3 Å². The molecule has 0 aliphatic heterocycles. The maximum absolute atomic E-state index is 12.5. The normalized spacial score (nSPS) is 11.2. The van der Waals surface area contributed by atoms with Gasteiger partial charge in [-0.3, -0.25) is 9.78 Å². The monoisotopic (exact) mass is 346 g/mol. The van der Waals surface area contributed by atoms with Crippen LogP contribution in [0.3, 0.4) is 0 Å². The third kappa shape index (κ3) is 5.45. The number of sulfone groups is 1. The summed E-state index contributed by atoms with van der Waals surface area (Å²) in [6, 6.07) is 13.3. The second-order valence-corrected chi connectivity index (χ2v) is 8.09. The summed E-state index contributed by atoms with van der Waals surface area (Å²) in [6.07, 6.45) is 1.66. The first kappa shape index (κ1) is 18.1. The van der Waals surface area contributed by atoms with E-state index in [1.807, 2.05) is 43.3 Å². The van der Waals surface area contributed by atoms with Crippen molar-refractivity contribution in [3.63, 3.8) is 0 Å². The molecular formula is C18H22N2O3S. The molecule has 5 nitrogen and oxygen atoms in total. The Morgan fingerprint density at radius 2 is 1.92 bits per heavy atom. The van der Waals surface area contributed by atoms with Gasteiger partial charge >= 0.3 is 0 Å². The summed E-state index contributed by atoms with van der Waals surface area (Å²) in [5, 5.41) is 0. The summed E-state index contributed by atoms with van der Waals surface area (Å²) in [5.41, 5.74) is 2.79. The molecule has 0 saturated carbocycles. The lowest BCUT2D eigenvalue weighted by Crippen LogP contribution is -2.35. The summed E-state index contributed by atoms with van der Waals surface area (Å²) >= 11 is 0. The van der Waals surface area contributed by atoms with E-state index in [1.165, 1.54) is 0 Å². The first-order valence-electron chi connectivity index (χ1n) is 7.83. The highest BCUT2D eigenvalue weighted by Gasteiger charge is 2.21. The predicted molar refractivity (Wildman–Crippen MR) is 94.0 cm³/mol. The van der Waals surface area contributed by atoms with Crippen LogP contribution >= 0.6 is 0 Å². The molecule has 1 aromatic heterocycles. The second kappa shape index (κ2) is 8.06. The topological polar surface area (TPSA) is 67.3 Å². The number of pyridine rings is 1. The molecule has 0 unspecified atom stereocenters. The summed E-state index contributed by atoms with van der Waals surface area (Å²) in [7, 11) is -3.37. The Morgan fingerprint density at radius 1 is 1.12 bits per heavy atom. The number of aryl methyl sites for hydroxylation is 1. The van der Waals surface area contributed by atoms with Gasteiger partial charge in [0.05, 0.1) is 12.2 Å². The SMILES string of the molecule is CCS(=O)(=O)CC(=O)N(Cc1cccc(C)c1)Cc1ccccn1. The van der Waals surface area contributed by atoms with Crippen LogP contribution < -0.4 is 0 Å². The summed E-state index contributed by atoms with van der Waals surface area (Å²) in [4.78, 5) is 18.3. The Labute approximate surface area is 143 Å². The van der Waals surface area contributed by atoms with Gasteiger partial charge < -0.3 is 4.90 Å². The summed E-state index contributed by atoms with van der Waals surface area (Å²) in [5.74, 6) is -0.910. The summed E-state index contributed by atoms with van der Waals surface area (Å²) < 4.78 is 23.6. The van der Waals surface area contributed by atoms with E-state index in [4.69, 9.17) is 0 Å². The highest BCUT2D eigenvalue weighted by Crippen LogP contribution is 2.12. The lowest BCUT2D eigenvalue weighted by molar-refractivity contribution is -0.129. The highest BCUT2D eigenvalue weighted by molar-refractivity contribution is 7.92. The maximum atomic E-state index is 12.5. The van der Waals surface area contributed by atoms with Crippen LogP contribution in [0.15, 0.2) is 48.7 Å². The third-order valence-corrected chi connectivity index (χ3v) is 5.24. The minimum absolute atomic E-state index is 0.0411. The Kier molecular flexibility index (Phi) is 6.09. The van der Waals surface area contributed by atoms with Gasteiger partial charge in [-0.2, -0.15) is 0 Å². The molecule has 0 radical (unpaired) electrons. The molecule has 1 aromatic carbocycles. The molecule has 1 amide bonds. The van der Waals surface area contributed by atoms with Gasteiger partial charge in [-0.05, 0) is 24.6 Å². The zero-order valence-corrected chi connectivity index (χ0v) is 14.8. The number of rotatable bonds is 7. The minimum Gasteiger partial charge on any atom is -0.332 e. The largest absolute Gasteiger partial charge is 0.332 e. The van der Waals surface area contributed by atoms with Gasteiger partial charge in [0.1, 0.15) is 5.75 Å². The number of carbonyl (C=O) groups is 1. The molecule has 24 heavy (non-hydrogen) atoms. The van der Waals surface area contributed by atoms with E-state index >= 15 is 0 Å². The van der Waals surface area contributed by atoms with Gasteiger partial charge in [0.15, 0.2) is 9.84 Å². The van der Waals surface area contributed by atoms with Gasteiger partial charge in [-0.25, -0.2) is 8.42 Å². The first-order chi connectivity index (χ1) is 11.4. The highest BCUT2D eigenvalue weighted by atomic mass is 32.2. The molecule has 0 aliphatic carbocycles. The van der Waals surface area contributed by atoms with Gasteiger partial charge in [-0.15, -0.1) is 0 Å². The average molecular weight is 346 g/mol. The van der Waals surface area contributed by atoms with Gasteiger partial charge in [0.25, 0.3) is 0 Å². The molecule has 0 atom stereocenters. The molecule has 0 spiro atoms. The molecule has 2 rings (SSSR count). The van der Waals surface area contributed by atoms with Crippen LogP contribution in [-0.2, 0) is 27.7 Å². The van der Waals surface area contributed by atoms with E-state index in [2.05, 4.69) is 4.98 Å². The van der Waals surface area contributed by atoms with Crippen molar-refractivity contribution in [1.82, 2.24) is 9.88 Å². The van der Waals surface area contributed by atoms with E-state index in [0.717, 1.165) is 16.8 Å². The lowest BCUT2D eigenvalue weighted by atomic mass is 10.1. The number of benzene rings is 1. The van der Waals surface area contributed by atoms with Crippen LogP contribution in [-0.4, -0.2) is 35.7 Å². The quantitative estimate of drug-likeness (QED) is 0.772. The maximum Gasteiger partial charge on any atom is 0.238 e. The molecule has 1 heterocycles. The van der Waals surface area contributed by atoms with Crippen molar-refractivity contribution in [3.8, 4) is 0 Å². The molecule has 128 valence electrons. The van der Waals surface area contributed by atoms with Crippen LogP contribution in [0.1, 0.15) is 23.7 Å². The van der Waals surface area contributed by atoms with Gasteiger partial charge in [0.2, 0.25) is 5.91 Å². The van der Waals surface area contributed by atoms with Crippen molar-refractivity contribution >= 4 is 15.7 Å². The fourth-order valence-electron chi connectivity index (χ4n) is 2.33. The molecule has 6 heteroatoms. The number of aromatic nitrogens is 1. The fourth-order valence-corrected chi connectivity index (χ4v) is 3.09. The molecule has 0 N–H and O–H groups in total. The number of hydrogen-bond acceptors (Lipinski definition) is 4. The molecule has 0 bridgehead atoms. The minimum atomic E-state index is -3.37. The van der Waals surface area contributed by atoms with Crippen molar-refractivity contribution in [1.29, 1.82) is 0 Å². The Bertz CT molecular complexity index is 789. The number of hydrogen-bond donors (Lipinski definition) is 0. The molecule has 0 aliphatic rings. The Balaban J connectivity index is 2.22. The van der Waals surface area contributed by atoms with Crippen molar-refractivity contribution in [2.24, 2.45) is 0 Å². The number of carbonyl (C=O) groups excluding carboxylic acids is 1. The van der Waals surface area contributed by atoms with Crippen molar-refractivity contribution in [2.75, 3.05) is 11.5 Å². The van der Waals surface area contributed by atoms with E-state index in [0.29, 0.717) is 6.54 Å². The standard InChI is InChI=1S/C18H22N2O3S/c1-3-24(22,23)14-18(21)20(13-17-9-4-5-10-19-17)12-16-8-6-7-15(2)11-16/h4-11H,3,12-14H2,1-2H3. The van der Waals surface area contributed by atoms with Gasteiger partial charge in [0, 0.05) is 18.5 Å². The number of amides is 1. The van der Waals surface area contributed by atoms with Crippen molar-refractivity contribution < 1.29 is 13.2 Å². The van der Waals surface area contributed by atoms with Crippen LogP contribution in [0.5, 0.6) is 0 Å². The van der Waals surface area contributed by atoms with Crippen LogP contribution in [0, 0.1) is 6.92 Å². The van der Waals surface area contributed by atoms with Gasteiger partial charge in [-0.1, -0.05) is 42.8 Å². The van der Waals surface area contributed by atoms with E-state index < -0.39 is 21.5 Å². The van der Waals surface area contributed by atoms with Crippen LogP contribution in [0.25, 0.3) is 0 Å². The second-order valence-electron chi connectivity index (χ2n) is 5.74. The van der Waals surface area contributed by atoms with Crippen molar-refractivity contribution in [2.45, 2.75) is 26.9 Å². The average Bonchev–Trinajstić information content (AvgIpc) is 2.55. The van der Waals surface area contributed by atoms with E-state index in [9.17, 15) is 13.2 Å². The smallest absolute Gasteiger partial charge is 0.238 e.